The molecule has 2 N–H and O–H groups in total. The molecule has 3 aromatic rings. The summed E-state index contributed by atoms with van der Waals surface area (Å²) in [7, 11) is 0. The van der Waals surface area contributed by atoms with Gasteiger partial charge in [-0.25, -0.2) is 10.2 Å². The van der Waals surface area contributed by atoms with Crippen molar-refractivity contribution >= 4 is 29.7 Å². The van der Waals surface area contributed by atoms with Gasteiger partial charge in [0, 0.05) is 5.69 Å². The van der Waals surface area contributed by atoms with Crippen LogP contribution in [0.15, 0.2) is 71.8 Å². The quantitative estimate of drug-likeness (QED) is 0.211. The van der Waals surface area contributed by atoms with Crippen LogP contribution >= 0.6 is 0 Å². The van der Waals surface area contributed by atoms with Crippen LogP contribution < -0.4 is 15.5 Å². The summed E-state index contributed by atoms with van der Waals surface area (Å²) < 4.78 is 5.38. The van der Waals surface area contributed by atoms with E-state index in [1.165, 1.54) is 6.21 Å². The zero-order valence-electron chi connectivity index (χ0n) is 18.0. The second-order valence-electron chi connectivity index (χ2n) is 7.30. The first-order valence-electron chi connectivity index (χ1n) is 9.92. The molecule has 0 fully saturated rings. The van der Waals surface area contributed by atoms with Gasteiger partial charge in [-0.15, -0.1) is 0 Å². The Kier molecular flexibility index (Phi) is 7.13. The van der Waals surface area contributed by atoms with Crippen molar-refractivity contribution in [1.82, 2.24) is 5.43 Å². The number of benzene rings is 3. The molecule has 0 bridgehead atoms. The Bertz CT molecular complexity index is 1180. The Morgan fingerprint density at radius 3 is 2.28 bits per heavy atom. The van der Waals surface area contributed by atoms with Crippen molar-refractivity contribution in [2.75, 3.05) is 5.32 Å². The minimum atomic E-state index is -0.900. The molecule has 0 radical (unpaired) electrons. The Hall–Kier alpha value is -4.26. The molecule has 7 nitrogen and oxygen atoms in total. The number of nitrogens with zero attached hydrogens (tertiary/aromatic N) is 1. The Morgan fingerprint density at radius 2 is 1.56 bits per heavy atom. The highest BCUT2D eigenvalue weighted by Crippen LogP contribution is 2.16. The number of amides is 2. The van der Waals surface area contributed by atoms with E-state index >= 15 is 0 Å². The maximum atomic E-state index is 12.3. The lowest BCUT2D eigenvalue weighted by molar-refractivity contribution is -0.136. The average molecular weight is 429 g/mol. The number of aryl methyl sites for hydroxylation is 3. The maximum Gasteiger partial charge on any atom is 0.343 e. The molecular formula is C25H23N3O4. The van der Waals surface area contributed by atoms with Crippen molar-refractivity contribution in [2.45, 2.75) is 20.8 Å². The van der Waals surface area contributed by atoms with Crippen LogP contribution in [0.5, 0.6) is 5.75 Å². The number of ether oxygens (including phenoxy) is 1. The van der Waals surface area contributed by atoms with Gasteiger partial charge in [0.15, 0.2) is 0 Å². The highest BCUT2D eigenvalue weighted by molar-refractivity contribution is 6.39. The largest absolute Gasteiger partial charge is 0.423 e. The lowest BCUT2D eigenvalue weighted by Gasteiger charge is -2.08. The number of nitrogens with one attached hydrogen (secondary N) is 2. The Morgan fingerprint density at radius 1 is 0.844 bits per heavy atom. The van der Waals surface area contributed by atoms with E-state index in [0.717, 1.165) is 16.7 Å². The minimum absolute atomic E-state index is 0.332. The molecule has 0 aliphatic heterocycles. The summed E-state index contributed by atoms with van der Waals surface area (Å²) in [5, 5.41) is 6.36. The van der Waals surface area contributed by atoms with E-state index in [4.69, 9.17) is 4.74 Å². The highest BCUT2D eigenvalue weighted by Gasteiger charge is 2.14. The molecule has 3 rings (SSSR count). The molecule has 3 aromatic carbocycles. The molecule has 0 heterocycles. The molecule has 7 heteroatoms. The van der Waals surface area contributed by atoms with Gasteiger partial charge in [-0.1, -0.05) is 47.5 Å². The van der Waals surface area contributed by atoms with Gasteiger partial charge in [0.1, 0.15) is 5.75 Å². The second kappa shape index (κ2) is 10.2. The van der Waals surface area contributed by atoms with E-state index in [1.807, 2.05) is 45.0 Å². The average Bonchev–Trinajstić information content (AvgIpc) is 2.76. The highest BCUT2D eigenvalue weighted by atomic mass is 16.5. The van der Waals surface area contributed by atoms with E-state index in [9.17, 15) is 14.4 Å². The van der Waals surface area contributed by atoms with Gasteiger partial charge >= 0.3 is 17.8 Å². The third-order valence-corrected chi connectivity index (χ3v) is 4.57. The number of hydrazone groups is 1. The van der Waals surface area contributed by atoms with E-state index in [2.05, 4.69) is 15.8 Å². The molecule has 32 heavy (non-hydrogen) atoms. The fraction of sp³-hybridized carbons (Fsp3) is 0.120. The second-order valence-corrected chi connectivity index (χ2v) is 7.30. The number of rotatable bonds is 5. The molecular weight excluding hydrogens is 406 g/mol. The number of anilines is 1. The van der Waals surface area contributed by atoms with Crippen molar-refractivity contribution in [3.8, 4) is 5.75 Å². The summed E-state index contributed by atoms with van der Waals surface area (Å²) in [6, 6.07) is 19.2. The zero-order valence-corrected chi connectivity index (χ0v) is 18.0. The van der Waals surface area contributed by atoms with Gasteiger partial charge in [-0.3, -0.25) is 9.59 Å². The topological polar surface area (TPSA) is 96.9 Å². The molecule has 0 saturated carbocycles. The predicted octanol–water partition coefficient (Wildman–Crippen LogP) is 3.92. The van der Waals surface area contributed by atoms with Gasteiger partial charge in [-0.2, -0.15) is 5.10 Å². The SMILES string of the molecule is Cc1ccc(C(=O)Oc2cccc(/C=N/NC(=O)C(=O)Nc3ccc(C)cc3C)c2)cc1. The van der Waals surface area contributed by atoms with E-state index < -0.39 is 17.8 Å². The molecule has 0 aromatic heterocycles. The van der Waals surface area contributed by atoms with Crippen LogP contribution in [0.4, 0.5) is 5.69 Å². The fourth-order valence-corrected chi connectivity index (χ4v) is 2.86. The van der Waals surface area contributed by atoms with Crippen LogP contribution in [-0.4, -0.2) is 24.0 Å². The standard InChI is InChI=1S/C25H23N3O4/c1-16-7-10-20(11-8-16)25(31)32-21-6-4-5-19(14-21)15-26-28-24(30)23(29)27-22-12-9-17(2)13-18(22)3/h4-15H,1-3H3,(H,27,29)(H,28,30)/b26-15+. The molecule has 0 saturated heterocycles. The number of hydrogen-bond donors (Lipinski definition) is 2. The van der Waals surface area contributed by atoms with Gasteiger partial charge < -0.3 is 10.1 Å². The summed E-state index contributed by atoms with van der Waals surface area (Å²) in [4.78, 5) is 36.3. The van der Waals surface area contributed by atoms with Gasteiger partial charge in [0.2, 0.25) is 0 Å². The van der Waals surface area contributed by atoms with Crippen LogP contribution in [0, 0.1) is 20.8 Å². The zero-order chi connectivity index (χ0) is 23.1. The summed E-state index contributed by atoms with van der Waals surface area (Å²) in [6.45, 7) is 5.72. The summed E-state index contributed by atoms with van der Waals surface area (Å²) in [6.07, 6.45) is 1.35. The van der Waals surface area contributed by atoms with Crippen molar-refractivity contribution in [3.63, 3.8) is 0 Å². The van der Waals surface area contributed by atoms with E-state index in [1.54, 1.807) is 42.5 Å². The van der Waals surface area contributed by atoms with Gasteiger partial charge in [-0.05, 0) is 62.2 Å². The van der Waals surface area contributed by atoms with Crippen molar-refractivity contribution in [2.24, 2.45) is 5.10 Å². The first kappa shape index (κ1) is 22.4. The number of esters is 1. The van der Waals surface area contributed by atoms with Crippen molar-refractivity contribution in [3.05, 3.63) is 94.5 Å². The van der Waals surface area contributed by atoms with Crippen LogP contribution in [0.2, 0.25) is 0 Å². The first-order valence-corrected chi connectivity index (χ1v) is 9.92. The lowest BCUT2D eigenvalue weighted by Crippen LogP contribution is -2.32. The molecule has 0 aliphatic rings. The van der Waals surface area contributed by atoms with E-state index in [-0.39, 0.29) is 0 Å². The smallest absolute Gasteiger partial charge is 0.343 e. The van der Waals surface area contributed by atoms with Crippen LogP contribution in [0.1, 0.15) is 32.6 Å². The molecule has 0 atom stereocenters. The van der Waals surface area contributed by atoms with Crippen LogP contribution in [0.25, 0.3) is 0 Å². The molecule has 2 amide bonds. The summed E-state index contributed by atoms with van der Waals surface area (Å²) in [5.74, 6) is -1.87. The minimum Gasteiger partial charge on any atom is -0.423 e. The first-order chi connectivity index (χ1) is 15.3. The predicted molar refractivity (Wildman–Crippen MR) is 123 cm³/mol. The van der Waals surface area contributed by atoms with Crippen LogP contribution in [-0.2, 0) is 9.59 Å². The van der Waals surface area contributed by atoms with E-state index in [0.29, 0.717) is 22.6 Å². The fourth-order valence-electron chi connectivity index (χ4n) is 2.86. The third kappa shape index (κ3) is 6.12. The molecule has 0 spiro atoms. The lowest BCUT2D eigenvalue weighted by atomic mass is 10.1. The maximum absolute atomic E-state index is 12.3. The molecule has 0 unspecified atom stereocenters. The van der Waals surface area contributed by atoms with Crippen LogP contribution in [0.3, 0.4) is 0 Å². The monoisotopic (exact) mass is 429 g/mol. The number of carbonyl (C=O) groups excluding carboxylic acids is 3. The van der Waals surface area contributed by atoms with Gasteiger partial charge in [0.05, 0.1) is 11.8 Å². The molecule has 0 aliphatic carbocycles. The summed E-state index contributed by atoms with van der Waals surface area (Å²) in [5.41, 5.74) is 6.72. The summed E-state index contributed by atoms with van der Waals surface area (Å²) >= 11 is 0. The van der Waals surface area contributed by atoms with Gasteiger partial charge in [0.25, 0.3) is 0 Å². The van der Waals surface area contributed by atoms with Crippen molar-refractivity contribution < 1.29 is 19.1 Å². The Labute approximate surface area is 186 Å². The molecule has 162 valence electrons. The Balaban J connectivity index is 1.57. The normalized spacial score (nSPS) is 10.6. The third-order valence-electron chi connectivity index (χ3n) is 4.57. The van der Waals surface area contributed by atoms with Crippen molar-refractivity contribution in [1.29, 1.82) is 0 Å². The number of hydrogen-bond acceptors (Lipinski definition) is 5. The number of carbonyl (C=O) groups is 3.